The van der Waals surface area contributed by atoms with Gasteiger partial charge in [0.05, 0.1) is 7.11 Å². The number of amides is 1. The van der Waals surface area contributed by atoms with E-state index in [-0.39, 0.29) is 12.5 Å². The zero-order valence-corrected chi connectivity index (χ0v) is 15.6. The topological polar surface area (TPSA) is 73.3 Å². The molecule has 0 saturated heterocycles. The van der Waals surface area contributed by atoms with Crippen LogP contribution in [0.1, 0.15) is 0 Å². The van der Waals surface area contributed by atoms with E-state index in [1.54, 1.807) is 19.2 Å². The molecule has 0 aliphatic heterocycles. The summed E-state index contributed by atoms with van der Waals surface area (Å²) in [5.41, 5.74) is 0.851. The zero-order chi connectivity index (χ0) is 17.6. The molecule has 0 spiro atoms. The number of rotatable bonds is 6. The Morgan fingerprint density at radius 3 is 2.48 bits per heavy atom. The molecular weight excluding hydrogens is 406 g/mol. The predicted molar refractivity (Wildman–Crippen MR) is 100 cm³/mol. The van der Waals surface area contributed by atoms with Gasteiger partial charge < -0.3 is 9.47 Å². The van der Waals surface area contributed by atoms with Crippen LogP contribution in [0.15, 0.2) is 53.0 Å². The zero-order valence-electron chi connectivity index (χ0n) is 13.2. The number of carbonyl (C=O) groups is 1. The fourth-order valence-corrected chi connectivity index (χ4v) is 2.84. The van der Waals surface area contributed by atoms with E-state index in [9.17, 15) is 4.79 Å². The molecule has 1 N–H and O–H groups in total. The van der Waals surface area contributed by atoms with Crippen LogP contribution in [0.5, 0.6) is 11.5 Å². The summed E-state index contributed by atoms with van der Waals surface area (Å²) in [7, 11) is 1.61. The Morgan fingerprint density at radius 1 is 1.12 bits per heavy atom. The first-order chi connectivity index (χ1) is 12.1. The SMILES string of the molecule is COc1ccc(-c2nsc(NC(=O)COc3ccc(Br)cc3)n2)cc1. The van der Waals surface area contributed by atoms with Gasteiger partial charge in [-0.25, -0.2) is 0 Å². The Labute approximate surface area is 157 Å². The minimum atomic E-state index is -0.291. The van der Waals surface area contributed by atoms with Crippen molar-refractivity contribution < 1.29 is 14.3 Å². The number of halogens is 1. The number of aromatic nitrogens is 2. The van der Waals surface area contributed by atoms with Crippen LogP contribution >= 0.6 is 27.5 Å². The van der Waals surface area contributed by atoms with Crippen molar-refractivity contribution in [1.29, 1.82) is 0 Å². The maximum atomic E-state index is 12.0. The van der Waals surface area contributed by atoms with E-state index in [1.165, 1.54) is 0 Å². The molecule has 1 amide bonds. The summed E-state index contributed by atoms with van der Waals surface area (Å²) in [5, 5.41) is 3.11. The molecule has 8 heteroatoms. The van der Waals surface area contributed by atoms with Crippen molar-refractivity contribution in [1.82, 2.24) is 9.36 Å². The fraction of sp³-hybridized carbons (Fsp3) is 0.118. The van der Waals surface area contributed by atoms with E-state index in [2.05, 4.69) is 30.6 Å². The third-order valence-corrected chi connectivity index (χ3v) is 4.36. The lowest BCUT2D eigenvalue weighted by Gasteiger charge is -2.05. The molecule has 0 bridgehead atoms. The molecule has 6 nitrogen and oxygen atoms in total. The summed E-state index contributed by atoms with van der Waals surface area (Å²) in [5.74, 6) is 1.64. The lowest BCUT2D eigenvalue weighted by molar-refractivity contribution is -0.118. The van der Waals surface area contributed by atoms with Crippen LogP contribution < -0.4 is 14.8 Å². The third kappa shape index (κ3) is 4.77. The quantitative estimate of drug-likeness (QED) is 0.653. The van der Waals surface area contributed by atoms with Crippen LogP contribution in [0.2, 0.25) is 0 Å². The molecule has 1 aromatic heterocycles. The van der Waals surface area contributed by atoms with Gasteiger partial charge in [0, 0.05) is 21.6 Å². The number of nitrogens with one attached hydrogen (secondary N) is 1. The van der Waals surface area contributed by atoms with Gasteiger partial charge in [-0.05, 0) is 48.5 Å². The number of anilines is 1. The number of ether oxygens (including phenoxy) is 2. The summed E-state index contributed by atoms with van der Waals surface area (Å²) >= 11 is 4.46. The second-order valence-electron chi connectivity index (χ2n) is 4.94. The first-order valence-corrected chi connectivity index (χ1v) is 8.87. The summed E-state index contributed by atoms with van der Waals surface area (Å²) < 4.78 is 15.7. The van der Waals surface area contributed by atoms with Gasteiger partial charge in [-0.1, -0.05) is 15.9 Å². The van der Waals surface area contributed by atoms with Crippen molar-refractivity contribution >= 4 is 38.5 Å². The Bertz CT molecular complexity index is 850. The lowest BCUT2D eigenvalue weighted by Crippen LogP contribution is -2.20. The molecule has 25 heavy (non-hydrogen) atoms. The van der Waals surface area contributed by atoms with Crippen molar-refractivity contribution in [3.63, 3.8) is 0 Å². The van der Waals surface area contributed by atoms with Crippen LogP contribution in [-0.2, 0) is 4.79 Å². The standard InChI is InChI=1S/C17H14BrN3O3S/c1-23-13-6-2-11(3-7-13)16-20-17(25-21-16)19-15(22)10-24-14-8-4-12(18)5-9-14/h2-9H,10H2,1H3,(H,19,20,21,22). The van der Waals surface area contributed by atoms with Crippen molar-refractivity contribution in [3.8, 4) is 22.9 Å². The smallest absolute Gasteiger partial charge is 0.264 e. The van der Waals surface area contributed by atoms with Crippen LogP contribution in [-0.4, -0.2) is 29.0 Å². The largest absolute Gasteiger partial charge is 0.497 e. The first kappa shape index (κ1) is 17.4. The van der Waals surface area contributed by atoms with Crippen LogP contribution in [0.25, 0.3) is 11.4 Å². The molecular formula is C17H14BrN3O3S. The Hall–Kier alpha value is -2.45. The highest BCUT2D eigenvalue weighted by molar-refractivity contribution is 9.10. The van der Waals surface area contributed by atoms with Gasteiger partial charge in [-0.2, -0.15) is 9.36 Å². The lowest BCUT2D eigenvalue weighted by atomic mass is 10.2. The summed E-state index contributed by atoms with van der Waals surface area (Å²) in [4.78, 5) is 16.3. The molecule has 2 aromatic carbocycles. The van der Waals surface area contributed by atoms with Gasteiger partial charge in [0.2, 0.25) is 5.13 Å². The summed E-state index contributed by atoms with van der Waals surface area (Å²) in [6.07, 6.45) is 0. The second kappa shape index (κ2) is 8.09. The predicted octanol–water partition coefficient (Wildman–Crippen LogP) is 3.99. The normalized spacial score (nSPS) is 10.3. The number of hydrogen-bond donors (Lipinski definition) is 1. The maximum Gasteiger partial charge on any atom is 0.264 e. The molecule has 0 saturated carbocycles. The van der Waals surface area contributed by atoms with Gasteiger partial charge in [0.1, 0.15) is 11.5 Å². The number of nitrogens with zero attached hydrogens (tertiary/aromatic N) is 2. The molecule has 0 unspecified atom stereocenters. The summed E-state index contributed by atoms with van der Waals surface area (Å²) in [6.45, 7) is -0.0981. The molecule has 128 valence electrons. The monoisotopic (exact) mass is 419 g/mol. The van der Waals surface area contributed by atoms with Crippen molar-refractivity contribution in [2.24, 2.45) is 0 Å². The minimum Gasteiger partial charge on any atom is -0.497 e. The van der Waals surface area contributed by atoms with E-state index in [1.807, 2.05) is 36.4 Å². The molecule has 3 aromatic rings. The Balaban J connectivity index is 1.56. The van der Waals surface area contributed by atoms with E-state index in [4.69, 9.17) is 9.47 Å². The van der Waals surface area contributed by atoms with Gasteiger partial charge in [-0.3, -0.25) is 10.1 Å². The van der Waals surface area contributed by atoms with E-state index >= 15 is 0 Å². The van der Waals surface area contributed by atoms with E-state index < -0.39 is 0 Å². The highest BCUT2D eigenvalue weighted by Crippen LogP contribution is 2.23. The molecule has 0 aliphatic rings. The Kier molecular flexibility index (Phi) is 5.62. The second-order valence-corrected chi connectivity index (χ2v) is 6.61. The number of carbonyl (C=O) groups excluding carboxylic acids is 1. The number of methoxy groups -OCH3 is 1. The first-order valence-electron chi connectivity index (χ1n) is 7.30. The van der Waals surface area contributed by atoms with Gasteiger partial charge in [0.15, 0.2) is 12.4 Å². The van der Waals surface area contributed by atoms with Gasteiger partial charge >= 0.3 is 0 Å². The van der Waals surface area contributed by atoms with Crippen LogP contribution in [0.4, 0.5) is 5.13 Å². The summed E-state index contributed by atoms with van der Waals surface area (Å²) in [6, 6.07) is 14.7. The minimum absolute atomic E-state index is 0.0981. The average molecular weight is 420 g/mol. The molecule has 0 radical (unpaired) electrons. The van der Waals surface area contributed by atoms with E-state index in [0.717, 1.165) is 27.3 Å². The fourth-order valence-electron chi connectivity index (χ4n) is 1.97. The molecule has 3 rings (SSSR count). The number of benzene rings is 2. The molecule has 1 heterocycles. The van der Waals surface area contributed by atoms with Crippen LogP contribution in [0, 0.1) is 0 Å². The molecule has 0 atom stereocenters. The van der Waals surface area contributed by atoms with E-state index in [0.29, 0.717) is 16.7 Å². The molecule has 0 aliphatic carbocycles. The average Bonchev–Trinajstić information content (AvgIpc) is 3.10. The van der Waals surface area contributed by atoms with Gasteiger partial charge in [0.25, 0.3) is 5.91 Å². The van der Waals surface area contributed by atoms with Crippen molar-refractivity contribution in [2.45, 2.75) is 0 Å². The van der Waals surface area contributed by atoms with Crippen LogP contribution in [0.3, 0.4) is 0 Å². The highest BCUT2D eigenvalue weighted by atomic mass is 79.9. The van der Waals surface area contributed by atoms with Gasteiger partial charge in [-0.15, -0.1) is 0 Å². The third-order valence-electron chi connectivity index (χ3n) is 3.20. The van der Waals surface area contributed by atoms with Crippen molar-refractivity contribution in [2.75, 3.05) is 19.0 Å². The highest BCUT2D eigenvalue weighted by Gasteiger charge is 2.10. The van der Waals surface area contributed by atoms with Crippen molar-refractivity contribution in [3.05, 3.63) is 53.0 Å². The maximum absolute atomic E-state index is 12.0. The number of hydrogen-bond acceptors (Lipinski definition) is 6. The molecule has 0 fully saturated rings. The Morgan fingerprint density at radius 2 is 1.80 bits per heavy atom.